The second kappa shape index (κ2) is 3.64. The lowest BCUT2D eigenvalue weighted by atomic mass is 10.1. The molecule has 16 heavy (non-hydrogen) atoms. The number of H-pyrrole nitrogens is 1. The molecule has 0 saturated heterocycles. The summed E-state index contributed by atoms with van der Waals surface area (Å²) in [5, 5.41) is 9.52. The molecular weight excluding hydrogens is 242 g/mol. The third kappa shape index (κ3) is 1.30. The zero-order valence-corrected chi connectivity index (χ0v) is 10.1. The fraction of sp³-hybridized carbons (Fsp3) is 0.0909. The predicted molar refractivity (Wildman–Crippen MR) is 68.2 cm³/mol. The van der Waals surface area contributed by atoms with Crippen LogP contribution in [-0.2, 0) is 0 Å². The zero-order chi connectivity index (χ0) is 11.1. The van der Waals surface area contributed by atoms with Crippen LogP contribution in [0.5, 0.6) is 0 Å². The van der Waals surface area contributed by atoms with Crippen molar-refractivity contribution < 1.29 is 0 Å². The molecule has 0 radical (unpaired) electrons. The van der Waals surface area contributed by atoms with Crippen molar-refractivity contribution in [2.45, 2.75) is 4.90 Å². The van der Waals surface area contributed by atoms with E-state index in [1.54, 1.807) is 18.0 Å². The third-order valence-corrected chi connectivity index (χ3v) is 3.61. The van der Waals surface area contributed by atoms with Crippen LogP contribution in [0, 0.1) is 0 Å². The summed E-state index contributed by atoms with van der Waals surface area (Å²) in [5.74, 6) is 0. The summed E-state index contributed by atoms with van der Waals surface area (Å²) in [5.41, 5.74) is 1.71. The van der Waals surface area contributed by atoms with E-state index >= 15 is 0 Å². The van der Waals surface area contributed by atoms with Crippen molar-refractivity contribution in [3.63, 3.8) is 0 Å². The Balaban J connectivity index is 2.60. The molecule has 3 nitrogen and oxygen atoms in total. The minimum absolute atomic E-state index is 0.471. The minimum Gasteiger partial charge on any atom is -0.275 e. The zero-order valence-electron chi connectivity index (χ0n) is 8.49. The van der Waals surface area contributed by atoms with E-state index in [1.165, 1.54) is 4.90 Å². The summed E-state index contributed by atoms with van der Waals surface area (Å²) in [6.07, 6.45) is 3.85. The Kier molecular flexibility index (Phi) is 2.26. The molecule has 0 aliphatic heterocycles. The van der Waals surface area contributed by atoms with Gasteiger partial charge in [0, 0.05) is 15.7 Å². The number of aromatic amines is 1. The van der Waals surface area contributed by atoms with E-state index < -0.39 is 0 Å². The topological polar surface area (TPSA) is 41.6 Å². The van der Waals surface area contributed by atoms with Crippen molar-refractivity contribution >= 4 is 45.2 Å². The summed E-state index contributed by atoms with van der Waals surface area (Å²) >= 11 is 7.78. The molecule has 0 aliphatic rings. The van der Waals surface area contributed by atoms with Crippen molar-refractivity contribution in [2.75, 3.05) is 6.26 Å². The first-order valence-electron chi connectivity index (χ1n) is 4.76. The Bertz CT molecular complexity index is 677. The number of nitrogens with one attached hydrogen (secondary N) is 1. The fourth-order valence-electron chi connectivity index (χ4n) is 1.85. The first-order valence-corrected chi connectivity index (χ1v) is 6.37. The quantitative estimate of drug-likeness (QED) is 0.530. The summed E-state index contributed by atoms with van der Waals surface area (Å²) in [7, 11) is 0. The van der Waals surface area contributed by atoms with Gasteiger partial charge in [0.05, 0.1) is 11.7 Å². The van der Waals surface area contributed by atoms with Gasteiger partial charge in [-0.1, -0.05) is 17.7 Å². The minimum atomic E-state index is 0.471. The first-order chi connectivity index (χ1) is 7.81. The molecule has 1 N–H and O–H groups in total. The molecule has 3 rings (SSSR count). The number of fused-ring (bicyclic) bond motifs is 3. The molecule has 3 aromatic rings. The van der Waals surface area contributed by atoms with Gasteiger partial charge in [-0.25, -0.2) is 4.98 Å². The number of rotatable bonds is 1. The Morgan fingerprint density at radius 3 is 3.06 bits per heavy atom. The molecule has 2 aromatic heterocycles. The number of aromatic nitrogens is 3. The van der Waals surface area contributed by atoms with Gasteiger partial charge >= 0.3 is 0 Å². The molecule has 0 amide bonds. The number of halogens is 1. The number of hydrogen-bond acceptors (Lipinski definition) is 3. The Morgan fingerprint density at radius 2 is 2.25 bits per heavy atom. The highest BCUT2D eigenvalue weighted by Crippen LogP contribution is 2.33. The molecule has 5 heteroatoms. The van der Waals surface area contributed by atoms with Gasteiger partial charge in [0.2, 0.25) is 0 Å². The molecule has 0 spiro atoms. The maximum Gasteiger partial charge on any atom is 0.155 e. The van der Waals surface area contributed by atoms with Gasteiger partial charge in [-0.15, -0.1) is 11.8 Å². The van der Waals surface area contributed by atoms with Gasteiger partial charge in [0.15, 0.2) is 5.15 Å². The van der Waals surface area contributed by atoms with Crippen LogP contribution in [0.3, 0.4) is 0 Å². The second-order valence-corrected chi connectivity index (χ2v) is 4.62. The van der Waals surface area contributed by atoms with Crippen LogP contribution < -0.4 is 0 Å². The lowest BCUT2D eigenvalue weighted by Crippen LogP contribution is -1.85. The highest BCUT2D eigenvalue weighted by molar-refractivity contribution is 7.98. The number of nitrogens with zero attached hydrogens (tertiary/aromatic N) is 2. The van der Waals surface area contributed by atoms with Crippen molar-refractivity contribution in [3.05, 3.63) is 29.5 Å². The van der Waals surface area contributed by atoms with Gasteiger partial charge in [-0.2, -0.15) is 5.10 Å². The number of thioether (sulfide) groups is 1. The molecule has 2 heterocycles. The van der Waals surface area contributed by atoms with Crippen LogP contribution in [0.25, 0.3) is 21.8 Å². The van der Waals surface area contributed by atoms with Crippen molar-refractivity contribution in [3.8, 4) is 0 Å². The smallest absolute Gasteiger partial charge is 0.155 e. The largest absolute Gasteiger partial charge is 0.275 e. The summed E-state index contributed by atoms with van der Waals surface area (Å²) in [6.45, 7) is 0. The molecule has 80 valence electrons. The van der Waals surface area contributed by atoms with E-state index in [2.05, 4.69) is 27.5 Å². The molecule has 0 fully saturated rings. The lowest BCUT2D eigenvalue weighted by molar-refractivity contribution is 1.12. The van der Waals surface area contributed by atoms with E-state index in [-0.39, 0.29) is 0 Å². The van der Waals surface area contributed by atoms with E-state index in [0.717, 1.165) is 21.8 Å². The number of hydrogen-bond donors (Lipinski definition) is 1. The van der Waals surface area contributed by atoms with Gasteiger partial charge in [0.1, 0.15) is 5.52 Å². The molecule has 0 unspecified atom stereocenters. The summed E-state index contributed by atoms with van der Waals surface area (Å²) in [4.78, 5) is 5.55. The normalized spacial score (nSPS) is 11.4. The SMILES string of the molecule is CSc1cccc2nc(Cl)c3[nH]ncc3c12. The third-order valence-electron chi connectivity index (χ3n) is 2.56. The van der Waals surface area contributed by atoms with Crippen molar-refractivity contribution in [1.82, 2.24) is 15.2 Å². The molecule has 0 bridgehead atoms. The first kappa shape index (κ1) is 9.93. The Morgan fingerprint density at radius 1 is 1.38 bits per heavy atom. The monoisotopic (exact) mass is 249 g/mol. The van der Waals surface area contributed by atoms with E-state index in [9.17, 15) is 0 Å². The van der Waals surface area contributed by atoms with E-state index in [1.807, 2.05) is 12.1 Å². The summed E-state index contributed by atoms with van der Waals surface area (Å²) in [6, 6.07) is 6.03. The average molecular weight is 250 g/mol. The highest BCUT2D eigenvalue weighted by Gasteiger charge is 2.11. The van der Waals surface area contributed by atoms with Crippen LogP contribution in [0.1, 0.15) is 0 Å². The van der Waals surface area contributed by atoms with E-state index in [0.29, 0.717) is 5.15 Å². The molecule has 1 aromatic carbocycles. The van der Waals surface area contributed by atoms with Crippen LogP contribution >= 0.6 is 23.4 Å². The fourth-order valence-corrected chi connectivity index (χ4v) is 2.72. The molecule has 0 atom stereocenters. The van der Waals surface area contributed by atoms with Crippen LogP contribution in [0.15, 0.2) is 29.3 Å². The van der Waals surface area contributed by atoms with Crippen LogP contribution in [-0.4, -0.2) is 21.4 Å². The van der Waals surface area contributed by atoms with Gasteiger partial charge in [-0.05, 0) is 18.4 Å². The predicted octanol–water partition coefficient (Wildman–Crippen LogP) is 3.49. The standard InChI is InChI=1S/C11H8ClN3S/c1-16-8-4-2-3-7-9(8)6-5-13-15-10(6)11(12)14-7/h2-5H,1H3,(H,13,15). The van der Waals surface area contributed by atoms with Gasteiger partial charge in [0.25, 0.3) is 0 Å². The maximum atomic E-state index is 6.08. The van der Waals surface area contributed by atoms with Crippen molar-refractivity contribution in [1.29, 1.82) is 0 Å². The lowest BCUT2D eigenvalue weighted by Gasteiger charge is -2.04. The van der Waals surface area contributed by atoms with Gasteiger partial charge in [-0.3, -0.25) is 5.10 Å². The summed E-state index contributed by atoms with van der Waals surface area (Å²) < 4.78 is 0. The Labute approximate surface area is 101 Å². The van der Waals surface area contributed by atoms with E-state index in [4.69, 9.17) is 11.6 Å². The molecule has 0 saturated carbocycles. The molecule has 0 aliphatic carbocycles. The maximum absolute atomic E-state index is 6.08. The molecular formula is C11H8ClN3S. The van der Waals surface area contributed by atoms with Crippen molar-refractivity contribution in [2.24, 2.45) is 0 Å². The number of pyridine rings is 1. The second-order valence-electron chi connectivity index (χ2n) is 3.42. The highest BCUT2D eigenvalue weighted by atomic mass is 35.5. The van der Waals surface area contributed by atoms with Crippen LogP contribution in [0.4, 0.5) is 0 Å². The van der Waals surface area contributed by atoms with Gasteiger partial charge < -0.3 is 0 Å². The number of benzene rings is 1. The Hall–Kier alpha value is -1.26. The van der Waals surface area contributed by atoms with Crippen LogP contribution in [0.2, 0.25) is 5.15 Å². The average Bonchev–Trinajstić information content (AvgIpc) is 2.77.